The van der Waals surface area contributed by atoms with Gasteiger partial charge in [-0.3, -0.25) is 0 Å². The summed E-state index contributed by atoms with van der Waals surface area (Å²) in [5.41, 5.74) is 0. The van der Waals surface area contributed by atoms with Crippen LogP contribution in [0.3, 0.4) is 0 Å². The van der Waals surface area contributed by atoms with Crippen molar-refractivity contribution in [3.8, 4) is 0 Å². The van der Waals surface area contributed by atoms with E-state index in [0.29, 0.717) is 0 Å². The third-order valence-electron chi connectivity index (χ3n) is 0. The van der Waals surface area contributed by atoms with Crippen LogP contribution in [0.2, 0.25) is 0 Å². The van der Waals surface area contributed by atoms with Gasteiger partial charge in [-0.25, -0.2) is 0 Å². The van der Waals surface area contributed by atoms with Gasteiger partial charge >= 0.3 is 0 Å². The van der Waals surface area contributed by atoms with E-state index in [1.165, 1.54) is 0 Å². The summed E-state index contributed by atoms with van der Waals surface area (Å²) in [7, 11) is 0. The minimum absolute atomic E-state index is 0. The summed E-state index contributed by atoms with van der Waals surface area (Å²) < 4.78 is 0. The Labute approximate surface area is 199 Å². The van der Waals surface area contributed by atoms with E-state index in [4.69, 9.17) is 0 Å². The molecule has 0 atom stereocenters. The van der Waals surface area contributed by atoms with Gasteiger partial charge in [-0.05, 0) is 0 Å². The van der Waals surface area contributed by atoms with Gasteiger partial charge in [-0.2, -0.15) is 0 Å². The first-order valence-electron chi connectivity index (χ1n) is 0. The van der Waals surface area contributed by atoms with Gasteiger partial charge in [0.2, 0.25) is 0 Å². The minimum Gasteiger partial charge on any atom is 0 e. The molecule has 0 amide bonds. The van der Waals surface area contributed by atoms with Crippen molar-refractivity contribution in [2.75, 3.05) is 0 Å². The first kappa shape index (κ1) is 29.8. The van der Waals surface area contributed by atoms with Crippen LogP contribution in [-0.2, 0) is 0 Å². The topological polar surface area (TPSA) is 0 Å². The molecule has 0 spiro atoms. The second kappa shape index (κ2) is 22.4. The molecule has 0 aromatic heterocycles. The molecule has 9 valence electrons. The fourth-order valence-electron chi connectivity index (χ4n) is 0. The maximum Gasteiger partial charge on any atom is 0 e. The average molecular weight is 328 g/mol. The first-order valence-corrected chi connectivity index (χ1v) is 0. The quantitative estimate of drug-likeness (QED) is 0.456. The molecular weight excluding hydrogens is 328 g/mol. The molecule has 0 aromatic carbocycles. The van der Waals surface area contributed by atoms with E-state index in [0.717, 1.165) is 0 Å². The Kier molecular flexibility index (Phi) is 134. The van der Waals surface area contributed by atoms with Crippen molar-refractivity contribution in [1.29, 1.82) is 0 Å². The Morgan fingerprint density at radius 2 is 1.00 bits per heavy atom. The molecule has 5 heavy (non-hydrogen) atoms. The zero-order chi connectivity index (χ0) is 0. The van der Waals surface area contributed by atoms with Gasteiger partial charge in [0, 0.05) is 207 Å². The Hall–Kier alpha value is 6.71. The van der Waals surface area contributed by atoms with Crippen molar-refractivity contribution >= 4 is 207 Å². The van der Waals surface area contributed by atoms with Crippen LogP contribution in [0.15, 0.2) is 0 Å². The maximum absolute atomic E-state index is 0. The Morgan fingerprint density at radius 1 is 1.00 bits per heavy atom. The molecule has 0 aliphatic rings. The van der Waals surface area contributed by atoms with Crippen LogP contribution in [0.25, 0.3) is 0 Å². The zero-order valence-corrected chi connectivity index (χ0v) is 18.5. The first-order chi connectivity index (χ1) is 0. The van der Waals surface area contributed by atoms with Crippen LogP contribution in [-0.4, -0.2) is 207 Å². The fraction of sp³-hybridized carbons (Fsp3) is 0. The summed E-state index contributed by atoms with van der Waals surface area (Å²) in [6.45, 7) is 0. The van der Waals surface area contributed by atoms with E-state index < -0.39 is 0 Å². The van der Waals surface area contributed by atoms with E-state index in [2.05, 4.69) is 0 Å². The molecule has 0 aliphatic carbocycles. The molecule has 9 radical (unpaired) electrons. The van der Waals surface area contributed by atoms with Crippen molar-refractivity contribution in [3.63, 3.8) is 0 Å². The van der Waals surface area contributed by atoms with Crippen molar-refractivity contribution in [2.24, 2.45) is 0 Å². The van der Waals surface area contributed by atoms with E-state index >= 15 is 0 Å². The second-order valence-corrected chi connectivity index (χ2v) is 0. The summed E-state index contributed by atoms with van der Waals surface area (Å²) in [4.78, 5) is 0. The third kappa shape index (κ3) is 18.0. The van der Waals surface area contributed by atoms with Crippen LogP contribution in [0.1, 0.15) is 0 Å². The summed E-state index contributed by atoms with van der Waals surface area (Å²) in [6.07, 6.45) is 0. The Balaban J connectivity index is 0. The molecule has 0 nitrogen and oxygen atoms in total. The predicted octanol–water partition coefficient (Wildman–Crippen LogP) is -1.90. The van der Waals surface area contributed by atoms with E-state index in [-0.39, 0.29) is 207 Å². The van der Waals surface area contributed by atoms with E-state index in [9.17, 15) is 0 Å². The third-order valence-corrected chi connectivity index (χ3v) is 0. The van der Waals surface area contributed by atoms with Crippen molar-refractivity contribution in [2.45, 2.75) is 0 Å². The number of hydrogen-bond acceptors (Lipinski definition) is 0. The molecule has 0 unspecified atom stereocenters. The average Bonchev–Trinajstić information content (AvgIpc) is 0. The van der Waals surface area contributed by atoms with E-state index in [1.807, 2.05) is 0 Å². The summed E-state index contributed by atoms with van der Waals surface area (Å²) in [5.74, 6) is 0. The van der Waals surface area contributed by atoms with Gasteiger partial charge < -0.3 is 0 Å². The second-order valence-electron chi connectivity index (χ2n) is 0. The molecule has 0 aliphatic heterocycles. The van der Waals surface area contributed by atoms with Crippen LogP contribution < -0.4 is 0 Å². The number of hydrogen-bond donors (Lipinski definition) is 0. The Morgan fingerprint density at radius 3 is 1.00 bits per heavy atom. The maximum atomic E-state index is 0. The molecule has 0 aromatic rings. The zero-order valence-electron chi connectivity index (χ0n) is 3.83. The molecule has 5 heteroatoms. The molecule has 0 bridgehead atoms. The van der Waals surface area contributed by atoms with Gasteiger partial charge in [0.05, 0.1) is 0 Å². The van der Waals surface area contributed by atoms with Gasteiger partial charge in [0.25, 0.3) is 0 Å². The minimum atomic E-state index is 0. The van der Waals surface area contributed by atoms with Crippen LogP contribution in [0.5, 0.6) is 0 Å². The molecule has 0 saturated heterocycles. The molecule has 0 N–H and O–H groups in total. The summed E-state index contributed by atoms with van der Waals surface area (Å²) in [6, 6.07) is 0. The van der Waals surface area contributed by atoms with E-state index in [1.54, 1.807) is 0 Å². The summed E-state index contributed by atoms with van der Waals surface area (Å²) in [5, 5.41) is 0. The summed E-state index contributed by atoms with van der Waals surface area (Å²) >= 11 is 0. The normalized spacial score (nSPS) is 0. The molecular formula is BaCaKMgSr. The van der Waals surface area contributed by atoms with Gasteiger partial charge in [0.15, 0.2) is 0 Å². The molecule has 0 heterocycles. The molecule has 0 saturated carbocycles. The standard InChI is InChI=1S/Ba.Ca.K.Mg.Sr. The smallest absolute Gasteiger partial charge is 0 e. The monoisotopic (exact) mass is 329 g/mol. The van der Waals surface area contributed by atoms with Gasteiger partial charge in [-0.1, -0.05) is 0 Å². The largest absolute Gasteiger partial charge is 0 e. The van der Waals surface area contributed by atoms with Gasteiger partial charge in [0.1, 0.15) is 0 Å². The van der Waals surface area contributed by atoms with Crippen molar-refractivity contribution < 1.29 is 0 Å². The Bertz CT molecular complexity index is 11.6. The number of rotatable bonds is 0. The fourth-order valence-corrected chi connectivity index (χ4v) is 0. The van der Waals surface area contributed by atoms with Gasteiger partial charge in [-0.15, -0.1) is 0 Å². The SMILES string of the molecule is [Ba].[Ca].[K].[Mg].[Sr]. The van der Waals surface area contributed by atoms with Crippen molar-refractivity contribution in [1.82, 2.24) is 0 Å². The van der Waals surface area contributed by atoms with Crippen LogP contribution in [0, 0.1) is 0 Å². The van der Waals surface area contributed by atoms with Crippen LogP contribution >= 0.6 is 0 Å². The van der Waals surface area contributed by atoms with Crippen molar-refractivity contribution in [3.05, 3.63) is 0 Å². The predicted molar refractivity (Wildman–Crippen MR) is 28.8 cm³/mol. The molecule has 0 fully saturated rings. The van der Waals surface area contributed by atoms with Crippen LogP contribution in [0.4, 0.5) is 0 Å². The molecule has 0 rings (SSSR count).